The molecule has 152 valence electrons. The molecule has 0 bridgehead atoms. The molecule has 2 rings (SSSR count). The lowest BCUT2D eigenvalue weighted by molar-refractivity contribution is -0.116. The second kappa shape index (κ2) is 12.4. The minimum absolute atomic E-state index is 0. The third kappa shape index (κ3) is 7.88. The third-order valence-corrected chi connectivity index (χ3v) is 4.32. The Morgan fingerprint density at radius 1 is 1.04 bits per heavy atom. The first-order valence-corrected chi connectivity index (χ1v) is 9.41. The van der Waals surface area contributed by atoms with Gasteiger partial charge < -0.3 is 16.0 Å². The van der Waals surface area contributed by atoms with E-state index >= 15 is 0 Å². The molecule has 0 unspecified atom stereocenters. The van der Waals surface area contributed by atoms with Crippen LogP contribution in [-0.4, -0.2) is 18.9 Å². The molecule has 0 radical (unpaired) electrons. The number of nitrogens with one attached hydrogen (secondary N) is 3. The quantitative estimate of drug-likeness (QED) is 0.301. The molecule has 6 heteroatoms. The van der Waals surface area contributed by atoms with Crippen LogP contribution in [0.2, 0.25) is 0 Å². The molecule has 2 aromatic carbocycles. The summed E-state index contributed by atoms with van der Waals surface area (Å²) in [5.41, 5.74) is 5.70. The molecule has 3 N–H and O–H groups in total. The number of hydrogen-bond acceptors (Lipinski definition) is 2. The predicted octanol–water partition coefficient (Wildman–Crippen LogP) is 4.53. The van der Waals surface area contributed by atoms with E-state index in [2.05, 4.69) is 53.0 Å². The molecular weight excluding hydrogens is 463 g/mol. The lowest BCUT2D eigenvalue weighted by Gasteiger charge is -2.14. The number of nitrogens with zero attached hydrogens (tertiary/aromatic N) is 1. The number of halogens is 1. The molecule has 0 aliphatic rings. The first-order valence-electron chi connectivity index (χ1n) is 9.41. The summed E-state index contributed by atoms with van der Waals surface area (Å²) in [6.07, 6.45) is 1.38. The first-order chi connectivity index (χ1) is 13.0. The van der Waals surface area contributed by atoms with Crippen molar-refractivity contribution in [3.05, 3.63) is 64.7 Å². The zero-order valence-electron chi connectivity index (χ0n) is 17.1. The van der Waals surface area contributed by atoms with Crippen molar-refractivity contribution in [2.75, 3.05) is 12.4 Å². The molecule has 0 spiro atoms. The summed E-state index contributed by atoms with van der Waals surface area (Å²) in [6.45, 7) is 7.57. The Morgan fingerprint density at radius 3 is 2.46 bits per heavy atom. The average Bonchev–Trinajstić information content (AvgIpc) is 2.63. The van der Waals surface area contributed by atoms with Crippen LogP contribution in [0.3, 0.4) is 0 Å². The maximum atomic E-state index is 11.7. The Balaban J connectivity index is 0.00000392. The number of guanidine groups is 1. The van der Waals surface area contributed by atoms with E-state index in [4.69, 9.17) is 0 Å². The van der Waals surface area contributed by atoms with Gasteiger partial charge in [0.1, 0.15) is 0 Å². The SMILES string of the molecule is CCCC(=O)Nc1cccc(CNC(=NC)NCc2ccc(C)cc2C)c1.I. The fraction of sp³-hybridized carbons (Fsp3) is 0.364. The minimum atomic E-state index is 0. The monoisotopic (exact) mass is 494 g/mol. The van der Waals surface area contributed by atoms with Crippen LogP contribution in [0.15, 0.2) is 47.5 Å². The van der Waals surface area contributed by atoms with Crippen LogP contribution < -0.4 is 16.0 Å². The van der Waals surface area contributed by atoms with E-state index < -0.39 is 0 Å². The molecule has 0 saturated heterocycles. The van der Waals surface area contributed by atoms with Crippen molar-refractivity contribution >= 4 is 41.5 Å². The van der Waals surface area contributed by atoms with Gasteiger partial charge in [-0.05, 0) is 49.1 Å². The van der Waals surface area contributed by atoms with Gasteiger partial charge in [0.25, 0.3) is 0 Å². The number of carbonyl (C=O) groups is 1. The third-order valence-electron chi connectivity index (χ3n) is 4.32. The highest BCUT2D eigenvalue weighted by atomic mass is 127. The van der Waals surface area contributed by atoms with E-state index in [1.807, 2.05) is 31.2 Å². The minimum Gasteiger partial charge on any atom is -0.352 e. The number of anilines is 1. The molecule has 0 aromatic heterocycles. The van der Waals surface area contributed by atoms with Gasteiger partial charge >= 0.3 is 0 Å². The standard InChI is InChI=1S/C22H30N4O.HI/c1-5-7-21(27)26-20-9-6-8-18(13-20)14-24-22(23-4)25-15-19-11-10-16(2)12-17(19)3;/h6,8-13H,5,7,14-15H2,1-4H3,(H,26,27)(H2,23,24,25);1H. The van der Waals surface area contributed by atoms with Gasteiger partial charge in [-0.3, -0.25) is 9.79 Å². The highest BCUT2D eigenvalue weighted by molar-refractivity contribution is 14.0. The number of aryl methyl sites for hydroxylation is 2. The maximum Gasteiger partial charge on any atom is 0.224 e. The Labute approximate surface area is 185 Å². The summed E-state index contributed by atoms with van der Waals surface area (Å²) in [5, 5.41) is 9.60. The highest BCUT2D eigenvalue weighted by Gasteiger charge is 2.04. The molecule has 0 saturated carbocycles. The molecule has 0 atom stereocenters. The summed E-state index contributed by atoms with van der Waals surface area (Å²) in [5.74, 6) is 0.795. The Hall–Kier alpha value is -2.09. The van der Waals surface area contributed by atoms with Crippen molar-refractivity contribution in [1.29, 1.82) is 0 Å². The summed E-state index contributed by atoms with van der Waals surface area (Å²) in [7, 11) is 1.76. The summed E-state index contributed by atoms with van der Waals surface area (Å²) in [6, 6.07) is 14.3. The van der Waals surface area contributed by atoms with Crippen LogP contribution in [0.4, 0.5) is 5.69 Å². The molecule has 0 aliphatic carbocycles. The molecule has 28 heavy (non-hydrogen) atoms. The van der Waals surface area contributed by atoms with Crippen molar-refractivity contribution in [3.8, 4) is 0 Å². The highest BCUT2D eigenvalue weighted by Crippen LogP contribution is 2.12. The van der Waals surface area contributed by atoms with Crippen LogP contribution in [0.1, 0.15) is 42.0 Å². The topological polar surface area (TPSA) is 65.5 Å². The van der Waals surface area contributed by atoms with E-state index in [9.17, 15) is 4.79 Å². The largest absolute Gasteiger partial charge is 0.352 e. The maximum absolute atomic E-state index is 11.7. The zero-order valence-corrected chi connectivity index (χ0v) is 19.5. The fourth-order valence-electron chi connectivity index (χ4n) is 2.84. The number of benzene rings is 2. The summed E-state index contributed by atoms with van der Waals surface area (Å²) < 4.78 is 0. The second-order valence-electron chi connectivity index (χ2n) is 6.71. The first kappa shape index (κ1) is 23.9. The van der Waals surface area contributed by atoms with Gasteiger partial charge in [-0.15, -0.1) is 24.0 Å². The molecule has 5 nitrogen and oxygen atoms in total. The van der Waals surface area contributed by atoms with Crippen molar-refractivity contribution in [2.24, 2.45) is 4.99 Å². The average molecular weight is 494 g/mol. The molecular formula is C22H31IN4O. The van der Waals surface area contributed by atoms with Gasteiger partial charge in [-0.25, -0.2) is 0 Å². The number of aliphatic imine (C=N–C) groups is 1. The van der Waals surface area contributed by atoms with Crippen molar-refractivity contribution < 1.29 is 4.79 Å². The molecule has 2 aromatic rings. The van der Waals surface area contributed by atoms with Crippen LogP contribution in [0, 0.1) is 13.8 Å². The van der Waals surface area contributed by atoms with E-state index in [1.54, 1.807) is 7.05 Å². The predicted molar refractivity (Wildman–Crippen MR) is 128 cm³/mol. The lowest BCUT2D eigenvalue weighted by Crippen LogP contribution is -2.36. The number of carbonyl (C=O) groups excluding carboxylic acids is 1. The van der Waals surface area contributed by atoms with Crippen LogP contribution in [-0.2, 0) is 17.9 Å². The number of amides is 1. The van der Waals surface area contributed by atoms with Gasteiger partial charge in [0.05, 0.1) is 0 Å². The number of rotatable bonds is 7. The fourth-order valence-corrected chi connectivity index (χ4v) is 2.84. The van der Waals surface area contributed by atoms with E-state index in [1.165, 1.54) is 16.7 Å². The zero-order chi connectivity index (χ0) is 19.6. The van der Waals surface area contributed by atoms with Crippen LogP contribution in [0.25, 0.3) is 0 Å². The Morgan fingerprint density at radius 2 is 1.79 bits per heavy atom. The lowest BCUT2D eigenvalue weighted by atomic mass is 10.1. The van der Waals surface area contributed by atoms with Gasteiger partial charge in [0.15, 0.2) is 5.96 Å². The normalized spacial score (nSPS) is 10.8. The number of hydrogen-bond donors (Lipinski definition) is 3. The van der Waals surface area contributed by atoms with Crippen molar-refractivity contribution in [2.45, 2.75) is 46.7 Å². The summed E-state index contributed by atoms with van der Waals surface area (Å²) in [4.78, 5) is 16.0. The Bertz CT molecular complexity index is 805. The molecule has 0 aliphatic heterocycles. The Kier molecular flexibility index (Phi) is 10.6. The molecule has 1 amide bonds. The van der Waals surface area contributed by atoms with Gasteiger partial charge in [-0.2, -0.15) is 0 Å². The van der Waals surface area contributed by atoms with E-state index in [-0.39, 0.29) is 29.9 Å². The van der Waals surface area contributed by atoms with E-state index in [0.717, 1.165) is 30.2 Å². The molecule has 0 fully saturated rings. The van der Waals surface area contributed by atoms with Crippen molar-refractivity contribution in [1.82, 2.24) is 10.6 Å². The van der Waals surface area contributed by atoms with Gasteiger partial charge in [-0.1, -0.05) is 42.8 Å². The van der Waals surface area contributed by atoms with E-state index in [0.29, 0.717) is 13.0 Å². The van der Waals surface area contributed by atoms with Gasteiger partial charge in [0, 0.05) is 32.2 Å². The van der Waals surface area contributed by atoms with Crippen LogP contribution in [0.5, 0.6) is 0 Å². The smallest absolute Gasteiger partial charge is 0.224 e. The summed E-state index contributed by atoms with van der Waals surface area (Å²) >= 11 is 0. The second-order valence-corrected chi connectivity index (χ2v) is 6.71. The molecule has 0 heterocycles. The van der Waals surface area contributed by atoms with Crippen LogP contribution >= 0.6 is 24.0 Å². The van der Waals surface area contributed by atoms with Crippen molar-refractivity contribution in [3.63, 3.8) is 0 Å². The van der Waals surface area contributed by atoms with Gasteiger partial charge in [0.2, 0.25) is 5.91 Å².